The quantitative estimate of drug-likeness (QED) is 0.612. The van der Waals surface area contributed by atoms with E-state index in [0.717, 1.165) is 18.7 Å². The molecule has 0 fully saturated rings. The molecule has 1 aliphatic heterocycles. The zero-order valence-corrected chi connectivity index (χ0v) is 17.8. The van der Waals surface area contributed by atoms with Gasteiger partial charge in [-0.25, -0.2) is 6.57 Å². The zero-order chi connectivity index (χ0) is 20.1. The van der Waals surface area contributed by atoms with Crippen molar-refractivity contribution in [2.45, 2.75) is 71.9 Å². The standard InChI is InChI=1S/C13H19N.C12H15N/c1-13(2,3)12-5-4-10-6-7-14-9-11(10)8-12;1-12(2,3)11-7-5-10(6-8-11)9-13-4/h4-5,8,14H,6-7,9H2,1-3H3;5-8H,9H2,1-3H3. The molecule has 0 radical (unpaired) electrons. The molecule has 0 saturated carbocycles. The van der Waals surface area contributed by atoms with Crippen LogP contribution >= 0.6 is 0 Å². The molecule has 0 amide bonds. The largest absolute Gasteiger partial charge is 0.312 e. The van der Waals surface area contributed by atoms with E-state index in [1.54, 1.807) is 0 Å². The van der Waals surface area contributed by atoms with E-state index in [-0.39, 0.29) is 10.8 Å². The summed E-state index contributed by atoms with van der Waals surface area (Å²) in [6.45, 7) is 22.8. The Morgan fingerprint density at radius 1 is 0.852 bits per heavy atom. The summed E-state index contributed by atoms with van der Waals surface area (Å²) in [7, 11) is 0. The van der Waals surface area contributed by atoms with Crippen molar-refractivity contribution in [1.82, 2.24) is 5.32 Å². The topological polar surface area (TPSA) is 16.4 Å². The Balaban J connectivity index is 0.000000194. The molecule has 1 N–H and O–H groups in total. The third-order valence-electron chi connectivity index (χ3n) is 5.04. The molecule has 2 aromatic rings. The lowest BCUT2D eigenvalue weighted by molar-refractivity contribution is 0.583. The lowest BCUT2D eigenvalue weighted by atomic mass is 9.84. The summed E-state index contributed by atoms with van der Waals surface area (Å²) in [5, 5.41) is 3.42. The third-order valence-corrected chi connectivity index (χ3v) is 5.04. The van der Waals surface area contributed by atoms with Crippen LogP contribution < -0.4 is 5.32 Å². The molecule has 0 aliphatic carbocycles. The van der Waals surface area contributed by atoms with Crippen molar-refractivity contribution in [2.75, 3.05) is 6.54 Å². The Labute approximate surface area is 165 Å². The molecule has 1 heterocycles. The molecule has 144 valence electrons. The van der Waals surface area contributed by atoms with Gasteiger partial charge in [0.15, 0.2) is 0 Å². The molecule has 27 heavy (non-hydrogen) atoms. The summed E-state index contributed by atoms with van der Waals surface area (Å²) >= 11 is 0. The SMILES string of the molecule is CC(C)(C)c1ccc2c(c1)CNCC2.[C-]#[N+]Cc1ccc(C(C)(C)C)cc1. The molecule has 0 atom stereocenters. The van der Waals surface area contributed by atoms with E-state index in [0.29, 0.717) is 6.54 Å². The van der Waals surface area contributed by atoms with Crippen LogP contribution in [0.15, 0.2) is 42.5 Å². The number of nitrogens with one attached hydrogen (secondary N) is 1. The van der Waals surface area contributed by atoms with Crippen LogP contribution in [0.5, 0.6) is 0 Å². The highest BCUT2D eigenvalue weighted by Gasteiger charge is 2.16. The van der Waals surface area contributed by atoms with Crippen LogP contribution in [0.4, 0.5) is 0 Å². The van der Waals surface area contributed by atoms with Crippen molar-refractivity contribution in [3.63, 3.8) is 0 Å². The number of hydrogen-bond acceptors (Lipinski definition) is 1. The first-order chi connectivity index (χ1) is 12.6. The normalized spacial score (nSPS) is 13.8. The van der Waals surface area contributed by atoms with Gasteiger partial charge in [0.2, 0.25) is 6.54 Å². The van der Waals surface area contributed by atoms with Crippen molar-refractivity contribution in [3.05, 3.63) is 81.7 Å². The molecule has 0 spiro atoms. The summed E-state index contributed by atoms with van der Waals surface area (Å²) in [5.74, 6) is 0. The summed E-state index contributed by atoms with van der Waals surface area (Å²) in [5.41, 5.74) is 7.35. The van der Waals surface area contributed by atoms with Crippen molar-refractivity contribution in [1.29, 1.82) is 0 Å². The van der Waals surface area contributed by atoms with Crippen LogP contribution in [0.25, 0.3) is 4.85 Å². The van der Waals surface area contributed by atoms with Gasteiger partial charge in [-0.15, -0.1) is 0 Å². The van der Waals surface area contributed by atoms with E-state index in [2.05, 4.69) is 82.0 Å². The minimum absolute atomic E-state index is 0.205. The lowest BCUT2D eigenvalue weighted by Gasteiger charge is -2.23. The van der Waals surface area contributed by atoms with Gasteiger partial charge in [-0.3, -0.25) is 0 Å². The highest BCUT2D eigenvalue weighted by molar-refractivity contribution is 5.36. The van der Waals surface area contributed by atoms with Gasteiger partial charge < -0.3 is 10.2 Å². The average Bonchev–Trinajstić information content (AvgIpc) is 2.61. The second-order valence-corrected chi connectivity index (χ2v) is 9.42. The van der Waals surface area contributed by atoms with Crippen molar-refractivity contribution in [2.24, 2.45) is 0 Å². The van der Waals surface area contributed by atoms with Gasteiger partial charge in [0, 0.05) is 12.1 Å². The van der Waals surface area contributed by atoms with Crippen molar-refractivity contribution >= 4 is 0 Å². The van der Waals surface area contributed by atoms with Crippen LogP contribution in [0, 0.1) is 6.57 Å². The van der Waals surface area contributed by atoms with Crippen molar-refractivity contribution in [3.8, 4) is 0 Å². The number of benzene rings is 2. The predicted octanol–water partition coefficient (Wildman–Crippen LogP) is 6.03. The Kier molecular flexibility index (Phi) is 6.84. The van der Waals surface area contributed by atoms with Gasteiger partial charge in [-0.1, -0.05) is 84.0 Å². The van der Waals surface area contributed by atoms with Gasteiger partial charge in [-0.2, -0.15) is 0 Å². The van der Waals surface area contributed by atoms with Crippen LogP contribution in [0.3, 0.4) is 0 Å². The Hall–Kier alpha value is -2.11. The van der Waals surface area contributed by atoms with Crippen LogP contribution in [-0.2, 0) is 30.3 Å². The van der Waals surface area contributed by atoms with E-state index in [1.807, 2.05) is 12.1 Å². The minimum atomic E-state index is 0.205. The molecule has 2 heteroatoms. The van der Waals surface area contributed by atoms with E-state index in [4.69, 9.17) is 6.57 Å². The number of nitrogens with zero attached hydrogens (tertiary/aromatic N) is 1. The van der Waals surface area contributed by atoms with Gasteiger partial charge in [0.25, 0.3) is 0 Å². The first-order valence-electron chi connectivity index (χ1n) is 9.87. The van der Waals surface area contributed by atoms with E-state index in [1.165, 1.54) is 28.7 Å². The first kappa shape index (κ1) is 21.2. The predicted molar refractivity (Wildman–Crippen MR) is 116 cm³/mol. The molecule has 2 nitrogen and oxygen atoms in total. The summed E-state index contributed by atoms with van der Waals surface area (Å²) < 4.78 is 0. The third kappa shape index (κ3) is 6.22. The van der Waals surface area contributed by atoms with E-state index < -0.39 is 0 Å². The molecule has 0 saturated heterocycles. The van der Waals surface area contributed by atoms with E-state index >= 15 is 0 Å². The summed E-state index contributed by atoms with van der Waals surface area (Å²) in [6.07, 6.45) is 1.18. The van der Waals surface area contributed by atoms with Crippen LogP contribution in [-0.4, -0.2) is 6.54 Å². The second-order valence-electron chi connectivity index (χ2n) is 9.42. The fraction of sp³-hybridized carbons (Fsp3) is 0.480. The maximum Gasteiger partial charge on any atom is 0.239 e. The lowest BCUT2D eigenvalue weighted by Crippen LogP contribution is -2.24. The summed E-state index contributed by atoms with van der Waals surface area (Å²) in [4.78, 5) is 3.35. The van der Waals surface area contributed by atoms with Gasteiger partial charge >= 0.3 is 0 Å². The fourth-order valence-electron chi connectivity index (χ4n) is 3.15. The summed E-state index contributed by atoms with van der Waals surface area (Å²) in [6, 6.07) is 15.3. The molecule has 0 bridgehead atoms. The van der Waals surface area contributed by atoms with Crippen molar-refractivity contribution < 1.29 is 0 Å². The number of fused-ring (bicyclic) bond motifs is 1. The smallest absolute Gasteiger partial charge is 0.239 e. The molecular formula is C25H34N2. The Bertz CT molecular complexity index is 781. The van der Waals surface area contributed by atoms with Crippen LogP contribution in [0.2, 0.25) is 0 Å². The van der Waals surface area contributed by atoms with E-state index in [9.17, 15) is 0 Å². The zero-order valence-electron chi connectivity index (χ0n) is 17.8. The highest BCUT2D eigenvalue weighted by atomic mass is 14.9. The molecule has 0 unspecified atom stereocenters. The molecule has 1 aliphatic rings. The van der Waals surface area contributed by atoms with Gasteiger partial charge in [0.1, 0.15) is 0 Å². The molecule has 3 rings (SSSR count). The second kappa shape index (κ2) is 8.72. The Morgan fingerprint density at radius 3 is 2.00 bits per heavy atom. The van der Waals surface area contributed by atoms with Gasteiger partial charge in [-0.05, 0) is 46.0 Å². The Morgan fingerprint density at radius 2 is 1.44 bits per heavy atom. The minimum Gasteiger partial charge on any atom is -0.312 e. The maximum absolute atomic E-state index is 6.74. The molecule has 0 aromatic heterocycles. The maximum atomic E-state index is 6.74. The van der Waals surface area contributed by atoms with Crippen LogP contribution in [0.1, 0.15) is 69.4 Å². The number of rotatable bonds is 1. The van der Waals surface area contributed by atoms with Gasteiger partial charge in [0.05, 0.1) is 0 Å². The molecule has 2 aromatic carbocycles. The molecular weight excluding hydrogens is 328 g/mol. The fourth-order valence-corrected chi connectivity index (χ4v) is 3.15. The highest BCUT2D eigenvalue weighted by Crippen LogP contribution is 2.25. The average molecular weight is 363 g/mol. The first-order valence-corrected chi connectivity index (χ1v) is 9.87. The monoisotopic (exact) mass is 362 g/mol. The number of hydrogen-bond donors (Lipinski definition) is 1.